The van der Waals surface area contributed by atoms with Gasteiger partial charge in [0.1, 0.15) is 11.9 Å². The molecule has 0 unspecified atom stereocenters. The maximum atomic E-state index is 14.0. The number of carbonyl (C=O) groups is 1. The van der Waals surface area contributed by atoms with Gasteiger partial charge in [0.25, 0.3) is 0 Å². The minimum Gasteiger partial charge on any atom is -0.494 e. The van der Waals surface area contributed by atoms with E-state index >= 15 is 0 Å². The van der Waals surface area contributed by atoms with Gasteiger partial charge in [-0.05, 0) is 24.1 Å². The lowest BCUT2D eigenvalue weighted by molar-refractivity contribution is -0.0135. The third-order valence-electron chi connectivity index (χ3n) is 4.39. The molecule has 1 fully saturated rings. The summed E-state index contributed by atoms with van der Waals surface area (Å²) < 4.78 is 51.6. The van der Waals surface area contributed by atoms with Crippen molar-refractivity contribution >= 4 is 11.7 Å². The molecule has 1 N–H and O–H groups in total. The molecule has 0 spiro atoms. The lowest BCUT2D eigenvalue weighted by atomic mass is 10.0. The molecule has 1 aliphatic heterocycles. The molecule has 1 saturated heterocycles. The Morgan fingerprint density at radius 2 is 1.96 bits per heavy atom. The van der Waals surface area contributed by atoms with Gasteiger partial charge in [-0.2, -0.15) is 0 Å². The summed E-state index contributed by atoms with van der Waals surface area (Å²) in [5, 5.41) is 2.37. The molecule has 3 rings (SSSR count). The maximum Gasteiger partial charge on any atom is 0.322 e. The smallest absolute Gasteiger partial charge is 0.322 e. The lowest BCUT2D eigenvalue weighted by Crippen LogP contribution is -2.44. The molecule has 0 bridgehead atoms. The van der Waals surface area contributed by atoms with Crippen LogP contribution in [0.5, 0.6) is 5.75 Å². The SMILES string of the molecule is COc1cc(F)c(NC(=O)N2CCO[C@@H](c3ccc(F)c(C)c3)C2)cc1F. The predicted molar refractivity (Wildman–Crippen MR) is 93.3 cm³/mol. The van der Waals surface area contributed by atoms with Gasteiger partial charge in [0, 0.05) is 18.7 Å². The van der Waals surface area contributed by atoms with E-state index in [1.54, 1.807) is 19.1 Å². The summed E-state index contributed by atoms with van der Waals surface area (Å²) in [6, 6.07) is 5.78. The highest BCUT2D eigenvalue weighted by atomic mass is 19.1. The van der Waals surface area contributed by atoms with E-state index in [9.17, 15) is 18.0 Å². The van der Waals surface area contributed by atoms with Gasteiger partial charge in [-0.25, -0.2) is 18.0 Å². The number of aryl methyl sites for hydroxylation is 1. The van der Waals surface area contributed by atoms with Crippen LogP contribution in [0.3, 0.4) is 0 Å². The highest BCUT2D eigenvalue weighted by Crippen LogP contribution is 2.27. The van der Waals surface area contributed by atoms with Crippen LogP contribution < -0.4 is 10.1 Å². The highest BCUT2D eigenvalue weighted by Gasteiger charge is 2.26. The zero-order chi connectivity index (χ0) is 19.6. The molecule has 1 aliphatic rings. The van der Waals surface area contributed by atoms with Gasteiger partial charge < -0.3 is 19.7 Å². The van der Waals surface area contributed by atoms with Crippen molar-refractivity contribution in [1.29, 1.82) is 0 Å². The fraction of sp³-hybridized carbons (Fsp3) is 0.316. The summed E-state index contributed by atoms with van der Waals surface area (Å²) in [6.07, 6.45) is -0.429. The summed E-state index contributed by atoms with van der Waals surface area (Å²) >= 11 is 0. The van der Waals surface area contributed by atoms with Crippen molar-refractivity contribution < 1.29 is 27.4 Å². The monoisotopic (exact) mass is 380 g/mol. The van der Waals surface area contributed by atoms with Gasteiger partial charge in [0.15, 0.2) is 17.4 Å². The second kappa shape index (κ2) is 7.87. The zero-order valence-electron chi connectivity index (χ0n) is 14.9. The first kappa shape index (κ1) is 19.0. The van der Waals surface area contributed by atoms with E-state index in [1.807, 2.05) is 0 Å². The number of amides is 2. The van der Waals surface area contributed by atoms with Crippen molar-refractivity contribution in [2.45, 2.75) is 13.0 Å². The maximum absolute atomic E-state index is 14.0. The number of morpholine rings is 1. The fourth-order valence-corrected chi connectivity index (χ4v) is 2.88. The first-order valence-corrected chi connectivity index (χ1v) is 8.35. The number of nitrogens with zero attached hydrogens (tertiary/aromatic N) is 1. The molecule has 8 heteroatoms. The van der Waals surface area contributed by atoms with E-state index in [0.29, 0.717) is 12.1 Å². The van der Waals surface area contributed by atoms with Crippen LogP contribution in [0.15, 0.2) is 30.3 Å². The Bertz CT molecular complexity index is 860. The van der Waals surface area contributed by atoms with Crippen molar-refractivity contribution in [3.8, 4) is 5.75 Å². The van der Waals surface area contributed by atoms with Crippen molar-refractivity contribution in [1.82, 2.24) is 4.90 Å². The van der Waals surface area contributed by atoms with Crippen LogP contribution in [-0.2, 0) is 4.74 Å². The average molecular weight is 380 g/mol. The van der Waals surface area contributed by atoms with E-state index in [4.69, 9.17) is 9.47 Å². The van der Waals surface area contributed by atoms with Crippen LogP contribution >= 0.6 is 0 Å². The van der Waals surface area contributed by atoms with E-state index in [2.05, 4.69) is 5.32 Å². The molecule has 0 radical (unpaired) electrons. The predicted octanol–water partition coefficient (Wildman–Crippen LogP) is 4.03. The highest BCUT2D eigenvalue weighted by molar-refractivity contribution is 5.89. The topological polar surface area (TPSA) is 50.8 Å². The number of ether oxygens (including phenoxy) is 2. The second-order valence-corrected chi connectivity index (χ2v) is 6.21. The Morgan fingerprint density at radius 3 is 2.67 bits per heavy atom. The molecule has 2 amide bonds. The third kappa shape index (κ3) is 4.16. The molecule has 1 atom stereocenters. The Morgan fingerprint density at radius 1 is 1.19 bits per heavy atom. The summed E-state index contributed by atoms with van der Waals surface area (Å²) in [5.74, 6) is -2.15. The average Bonchev–Trinajstić information content (AvgIpc) is 2.66. The molecule has 0 saturated carbocycles. The van der Waals surface area contributed by atoms with Gasteiger partial charge in [0.05, 0.1) is 25.9 Å². The number of hydrogen-bond donors (Lipinski definition) is 1. The van der Waals surface area contributed by atoms with Gasteiger partial charge in [-0.15, -0.1) is 0 Å². The molecule has 144 valence electrons. The second-order valence-electron chi connectivity index (χ2n) is 6.21. The molecule has 2 aromatic carbocycles. The fourth-order valence-electron chi connectivity index (χ4n) is 2.88. The van der Waals surface area contributed by atoms with Crippen molar-refractivity contribution in [3.63, 3.8) is 0 Å². The van der Waals surface area contributed by atoms with Crippen molar-refractivity contribution in [3.05, 3.63) is 58.9 Å². The van der Waals surface area contributed by atoms with Crippen LogP contribution in [-0.4, -0.2) is 37.7 Å². The number of halogens is 3. The molecule has 27 heavy (non-hydrogen) atoms. The van der Waals surface area contributed by atoms with Gasteiger partial charge >= 0.3 is 6.03 Å². The van der Waals surface area contributed by atoms with Crippen molar-refractivity contribution in [2.24, 2.45) is 0 Å². The van der Waals surface area contributed by atoms with E-state index in [0.717, 1.165) is 17.7 Å². The first-order valence-electron chi connectivity index (χ1n) is 8.35. The van der Waals surface area contributed by atoms with E-state index in [1.165, 1.54) is 18.1 Å². The van der Waals surface area contributed by atoms with E-state index < -0.39 is 23.8 Å². The van der Waals surface area contributed by atoms with Crippen molar-refractivity contribution in [2.75, 3.05) is 32.1 Å². The Labute approximate surface area is 154 Å². The number of urea groups is 1. The first-order chi connectivity index (χ1) is 12.9. The van der Waals surface area contributed by atoms with Gasteiger partial charge in [0.2, 0.25) is 0 Å². The molecule has 0 aromatic heterocycles. The van der Waals surface area contributed by atoms with Crippen LogP contribution in [0.4, 0.5) is 23.7 Å². The number of nitrogens with one attached hydrogen (secondary N) is 1. The summed E-state index contributed by atoms with van der Waals surface area (Å²) in [7, 11) is 1.22. The molecule has 0 aliphatic carbocycles. The quantitative estimate of drug-likeness (QED) is 0.875. The summed E-state index contributed by atoms with van der Waals surface area (Å²) in [5.41, 5.74) is 0.945. The Kier molecular flexibility index (Phi) is 5.55. The summed E-state index contributed by atoms with van der Waals surface area (Å²) in [6.45, 7) is 2.42. The normalized spacial score (nSPS) is 16.9. The van der Waals surface area contributed by atoms with Gasteiger partial charge in [-0.1, -0.05) is 12.1 Å². The largest absolute Gasteiger partial charge is 0.494 e. The minimum atomic E-state index is -0.805. The Balaban J connectivity index is 1.71. The zero-order valence-corrected chi connectivity index (χ0v) is 14.9. The van der Waals surface area contributed by atoms with Crippen LogP contribution in [0.2, 0.25) is 0 Å². The number of carbonyl (C=O) groups excluding carboxylic acids is 1. The molecular formula is C19H19F3N2O3. The van der Waals surface area contributed by atoms with Crippen LogP contribution in [0, 0.1) is 24.4 Å². The summed E-state index contributed by atoms with van der Waals surface area (Å²) in [4.78, 5) is 13.9. The number of benzene rings is 2. The Hall–Kier alpha value is -2.74. The molecule has 5 nitrogen and oxygen atoms in total. The molecular weight excluding hydrogens is 361 g/mol. The lowest BCUT2D eigenvalue weighted by Gasteiger charge is -2.33. The molecule has 2 aromatic rings. The number of methoxy groups -OCH3 is 1. The van der Waals surface area contributed by atoms with Crippen LogP contribution in [0.1, 0.15) is 17.2 Å². The molecule has 1 heterocycles. The standard InChI is InChI=1S/C19H19F3N2O3/c1-11-7-12(3-4-13(11)20)18-10-24(5-6-27-18)19(25)23-16-8-15(22)17(26-2)9-14(16)21/h3-4,7-9,18H,5-6,10H2,1-2H3,(H,23,25)/t18-/m1/s1. The number of anilines is 1. The van der Waals surface area contributed by atoms with Gasteiger partial charge in [-0.3, -0.25) is 0 Å². The number of hydrogen-bond acceptors (Lipinski definition) is 3. The number of rotatable bonds is 3. The minimum absolute atomic E-state index is 0.206. The third-order valence-corrected chi connectivity index (χ3v) is 4.39. The van der Waals surface area contributed by atoms with Crippen LogP contribution in [0.25, 0.3) is 0 Å². The van der Waals surface area contributed by atoms with E-state index in [-0.39, 0.29) is 30.4 Å².